The molecule has 258 valence electrons. The summed E-state index contributed by atoms with van der Waals surface area (Å²) in [5.74, 6) is 1.44. The van der Waals surface area contributed by atoms with E-state index in [0.717, 1.165) is 17.9 Å². The summed E-state index contributed by atoms with van der Waals surface area (Å²) in [7, 11) is 0. The molecule has 4 rings (SSSR count). The highest BCUT2D eigenvalue weighted by atomic mass is 19.4. The van der Waals surface area contributed by atoms with Gasteiger partial charge in [-0.2, -0.15) is 43.9 Å². The van der Waals surface area contributed by atoms with Crippen LogP contribution in [0.15, 0.2) is 128 Å². The van der Waals surface area contributed by atoms with E-state index >= 15 is 0 Å². The summed E-state index contributed by atoms with van der Waals surface area (Å²) < 4.78 is 43.8. The van der Waals surface area contributed by atoms with Crippen molar-refractivity contribution in [1.82, 2.24) is 0 Å². The molecule has 4 aromatic carbocycles. The molecular formula is C38H44F3N7O. The van der Waals surface area contributed by atoms with E-state index in [0.29, 0.717) is 58.6 Å². The van der Waals surface area contributed by atoms with Crippen molar-refractivity contribution in [3.05, 3.63) is 97.1 Å². The second kappa shape index (κ2) is 17.5. The SMILES string of the molecule is CCN(CCC(F)(F)F)c1ccc(/N=N/c2ccc(/N=N/c3ccc(/N=N/c4ccc(OCCC(C)CC(C)(C)C)cc4)cc3)cc2)cc1. The molecule has 0 aromatic heterocycles. The first-order valence-corrected chi connectivity index (χ1v) is 16.5. The van der Waals surface area contributed by atoms with Crippen LogP contribution < -0.4 is 9.64 Å². The number of nitrogens with zero attached hydrogens (tertiary/aromatic N) is 7. The van der Waals surface area contributed by atoms with Gasteiger partial charge in [-0.3, -0.25) is 0 Å². The molecule has 0 bridgehead atoms. The summed E-state index contributed by atoms with van der Waals surface area (Å²) >= 11 is 0. The third-order valence-electron chi connectivity index (χ3n) is 7.48. The van der Waals surface area contributed by atoms with E-state index in [1.165, 1.54) is 6.42 Å². The third-order valence-corrected chi connectivity index (χ3v) is 7.48. The van der Waals surface area contributed by atoms with E-state index < -0.39 is 12.6 Å². The average Bonchev–Trinajstić information content (AvgIpc) is 3.06. The zero-order valence-corrected chi connectivity index (χ0v) is 28.7. The van der Waals surface area contributed by atoms with Gasteiger partial charge >= 0.3 is 6.18 Å². The minimum absolute atomic E-state index is 0.0909. The van der Waals surface area contributed by atoms with Crippen molar-refractivity contribution >= 4 is 39.8 Å². The molecule has 0 amide bonds. The van der Waals surface area contributed by atoms with E-state index in [2.05, 4.69) is 58.4 Å². The molecule has 0 aliphatic rings. The Bertz CT molecular complexity index is 1660. The van der Waals surface area contributed by atoms with Crippen molar-refractivity contribution in [2.24, 2.45) is 42.0 Å². The molecule has 0 spiro atoms. The Labute approximate surface area is 286 Å². The van der Waals surface area contributed by atoms with Gasteiger partial charge in [-0.25, -0.2) is 0 Å². The fourth-order valence-corrected chi connectivity index (χ4v) is 5.11. The van der Waals surface area contributed by atoms with Gasteiger partial charge in [0.1, 0.15) is 5.75 Å². The van der Waals surface area contributed by atoms with E-state index in [9.17, 15) is 13.2 Å². The number of benzene rings is 4. The smallest absolute Gasteiger partial charge is 0.390 e. The zero-order valence-electron chi connectivity index (χ0n) is 28.7. The molecule has 1 atom stereocenters. The summed E-state index contributed by atoms with van der Waals surface area (Å²) in [5.41, 5.74) is 5.01. The van der Waals surface area contributed by atoms with Crippen LogP contribution in [-0.4, -0.2) is 25.9 Å². The molecule has 1 unspecified atom stereocenters. The van der Waals surface area contributed by atoms with Crippen molar-refractivity contribution in [2.75, 3.05) is 24.6 Å². The second-order valence-electron chi connectivity index (χ2n) is 13.1. The van der Waals surface area contributed by atoms with E-state index in [-0.39, 0.29) is 6.54 Å². The second-order valence-corrected chi connectivity index (χ2v) is 13.1. The van der Waals surface area contributed by atoms with Crippen LogP contribution in [0.1, 0.15) is 53.9 Å². The molecule has 0 saturated heterocycles. The van der Waals surface area contributed by atoms with E-state index in [4.69, 9.17) is 4.74 Å². The average molecular weight is 672 g/mol. The molecule has 0 aliphatic heterocycles. The largest absolute Gasteiger partial charge is 0.494 e. The maximum Gasteiger partial charge on any atom is 0.390 e. The number of hydrogen-bond acceptors (Lipinski definition) is 8. The minimum Gasteiger partial charge on any atom is -0.494 e. The highest BCUT2D eigenvalue weighted by Crippen LogP contribution is 2.29. The van der Waals surface area contributed by atoms with Crippen LogP contribution in [-0.2, 0) is 0 Å². The molecule has 8 nitrogen and oxygen atoms in total. The van der Waals surface area contributed by atoms with Crippen LogP contribution >= 0.6 is 0 Å². The summed E-state index contributed by atoms with van der Waals surface area (Å²) in [5, 5.41) is 25.7. The summed E-state index contributed by atoms with van der Waals surface area (Å²) in [6.07, 6.45) is -2.85. The van der Waals surface area contributed by atoms with E-state index in [1.54, 1.807) is 53.4 Å². The molecule has 0 fully saturated rings. The number of azo groups is 3. The van der Waals surface area contributed by atoms with Gasteiger partial charge < -0.3 is 9.64 Å². The predicted molar refractivity (Wildman–Crippen MR) is 190 cm³/mol. The van der Waals surface area contributed by atoms with Gasteiger partial charge in [-0.1, -0.05) is 27.7 Å². The van der Waals surface area contributed by atoms with Gasteiger partial charge in [0.2, 0.25) is 0 Å². The van der Waals surface area contributed by atoms with Crippen LogP contribution in [0.3, 0.4) is 0 Å². The Kier molecular flexibility index (Phi) is 13.1. The lowest BCUT2D eigenvalue weighted by Crippen LogP contribution is -2.27. The lowest BCUT2D eigenvalue weighted by molar-refractivity contribution is -0.132. The Morgan fingerprint density at radius 2 is 0.980 bits per heavy atom. The summed E-state index contributed by atoms with van der Waals surface area (Å²) in [6.45, 7) is 12.0. The van der Waals surface area contributed by atoms with Crippen LogP contribution in [0.4, 0.5) is 53.0 Å². The molecular weight excluding hydrogens is 627 g/mol. The first kappa shape index (κ1) is 36.9. The van der Waals surface area contributed by atoms with Crippen molar-refractivity contribution < 1.29 is 17.9 Å². The maximum absolute atomic E-state index is 12.6. The number of ether oxygens (including phenoxy) is 1. The van der Waals surface area contributed by atoms with Crippen LogP contribution in [0.5, 0.6) is 5.75 Å². The fraction of sp³-hybridized carbons (Fsp3) is 0.368. The molecule has 0 heterocycles. The molecule has 0 N–H and O–H groups in total. The van der Waals surface area contributed by atoms with Crippen molar-refractivity contribution in [1.29, 1.82) is 0 Å². The van der Waals surface area contributed by atoms with Crippen molar-refractivity contribution in [2.45, 2.75) is 60.1 Å². The number of alkyl halides is 3. The summed E-state index contributed by atoms with van der Waals surface area (Å²) in [4.78, 5) is 1.68. The number of halogens is 3. The molecule has 0 radical (unpaired) electrons. The Morgan fingerprint density at radius 1 is 0.612 bits per heavy atom. The Morgan fingerprint density at radius 3 is 1.33 bits per heavy atom. The fourth-order valence-electron chi connectivity index (χ4n) is 5.11. The molecule has 4 aromatic rings. The van der Waals surface area contributed by atoms with Crippen molar-refractivity contribution in [3.8, 4) is 5.75 Å². The van der Waals surface area contributed by atoms with Crippen LogP contribution in [0.25, 0.3) is 0 Å². The lowest BCUT2D eigenvalue weighted by Gasteiger charge is -2.23. The minimum atomic E-state index is -4.19. The van der Waals surface area contributed by atoms with E-state index in [1.807, 2.05) is 55.5 Å². The quantitative estimate of drug-likeness (QED) is 0.118. The monoisotopic (exact) mass is 671 g/mol. The van der Waals surface area contributed by atoms with Gasteiger partial charge in [0, 0.05) is 18.8 Å². The lowest BCUT2D eigenvalue weighted by atomic mass is 9.84. The van der Waals surface area contributed by atoms with Crippen LogP contribution in [0, 0.1) is 11.3 Å². The summed E-state index contributed by atoms with van der Waals surface area (Å²) in [6, 6.07) is 29.0. The predicted octanol–water partition coefficient (Wildman–Crippen LogP) is 13.6. The normalized spacial score (nSPS) is 13.1. The van der Waals surface area contributed by atoms with Gasteiger partial charge in [-0.15, -0.1) is 0 Å². The highest BCUT2D eigenvalue weighted by molar-refractivity contribution is 5.54. The standard InChI is InChI=1S/C38H44F3N7O/c1-6-48(25-24-38(39,40)41)35-19-15-33(16-20-35)46-44-31-11-7-29(8-12-31)42-43-30-9-13-32(14-10-30)45-47-34-17-21-36(22-18-34)49-26-23-28(2)27-37(3,4)5/h7-22,28H,6,23-27H2,1-5H3/b43-42+,46-44+,47-45+. The maximum atomic E-state index is 12.6. The number of hydrogen-bond donors (Lipinski definition) is 0. The first-order valence-electron chi connectivity index (χ1n) is 16.5. The Balaban J connectivity index is 1.23. The third kappa shape index (κ3) is 13.6. The van der Waals surface area contributed by atoms with Gasteiger partial charge in [0.05, 0.1) is 47.2 Å². The number of rotatable bonds is 15. The van der Waals surface area contributed by atoms with Gasteiger partial charge in [0.15, 0.2) is 0 Å². The highest BCUT2D eigenvalue weighted by Gasteiger charge is 2.27. The number of anilines is 1. The van der Waals surface area contributed by atoms with Crippen LogP contribution in [0.2, 0.25) is 0 Å². The molecule has 0 saturated carbocycles. The molecule has 49 heavy (non-hydrogen) atoms. The topological polar surface area (TPSA) is 86.6 Å². The zero-order chi connectivity index (χ0) is 35.3. The first-order chi connectivity index (χ1) is 23.3. The van der Waals surface area contributed by atoms with Crippen molar-refractivity contribution in [3.63, 3.8) is 0 Å². The van der Waals surface area contributed by atoms with Gasteiger partial charge in [0.25, 0.3) is 0 Å². The molecule has 0 aliphatic carbocycles. The van der Waals surface area contributed by atoms with Gasteiger partial charge in [-0.05, 0) is 128 Å². The Hall–Kier alpha value is -4.93. The molecule has 11 heteroatoms.